The van der Waals surface area contributed by atoms with Gasteiger partial charge in [0.2, 0.25) is 5.75 Å². The molecule has 0 saturated carbocycles. The number of methoxy groups -OCH3 is 1. The van der Waals surface area contributed by atoms with E-state index in [1.54, 1.807) is 31.6 Å². The molecule has 0 N–H and O–H groups in total. The summed E-state index contributed by atoms with van der Waals surface area (Å²) in [4.78, 5) is 21.4. The number of aromatic nitrogens is 2. The Kier molecular flexibility index (Phi) is 4.52. The number of fused-ring (bicyclic) bond motifs is 1. The summed E-state index contributed by atoms with van der Waals surface area (Å²) < 4.78 is 17.8. The Morgan fingerprint density at radius 3 is 2.69 bits per heavy atom. The summed E-state index contributed by atoms with van der Waals surface area (Å²) in [5, 5.41) is 0. The van der Waals surface area contributed by atoms with E-state index in [2.05, 4.69) is 9.97 Å². The van der Waals surface area contributed by atoms with Gasteiger partial charge in [0.15, 0.2) is 25.1 Å². The molecule has 134 valence electrons. The van der Waals surface area contributed by atoms with Gasteiger partial charge in [-0.25, -0.2) is 0 Å². The minimum absolute atomic E-state index is 0.0710. The first-order chi connectivity index (χ1) is 12.6. The predicted octanol–water partition coefficient (Wildman–Crippen LogP) is 1.16. The van der Waals surface area contributed by atoms with Gasteiger partial charge in [0.25, 0.3) is 5.79 Å². The molecule has 1 aromatic heterocycles. The number of benzene rings is 1. The zero-order chi connectivity index (χ0) is 18.1. The maximum absolute atomic E-state index is 12.9. The normalized spacial score (nSPS) is 17.3. The van der Waals surface area contributed by atoms with Crippen LogP contribution >= 0.6 is 11.8 Å². The topological polar surface area (TPSA) is 70.5 Å². The molecule has 0 unspecified atom stereocenters. The second-order valence-corrected chi connectivity index (χ2v) is 7.61. The maximum Gasteiger partial charge on any atom is 0.253 e. The highest BCUT2D eigenvalue weighted by atomic mass is 32.2. The molecule has 1 fully saturated rings. The quantitative estimate of drug-likeness (QED) is 0.591. The van der Waals surface area contributed by atoms with Gasteiger partial charge in [-0.2, -0.15) is 11.8 Å². The van der Waals surface area contributed by atoms with E-state index in [9.17, 15) is 4.79 Å². The molecule has 0 aliphatic carbocycles. The van der Waals surface area contributed by atoms with Crippen LogP contribution in [0.2, 0.25) is 0 Å². The molecule has 0 atom stereocenters. The average Bonchev–Trinajstić information content (AvgIpc) is 3.01. The Balaban J connectivity index is 1.67. The van der Waals surface area contributed by atoms with Gasteiger partial charge in [-0.15, -0.1) is 0 Å². The molecule has 1 aromatic carbocycles. The third-order valence-electron chi connectivity index (χ3n) is 4.74. The van der Waals surface area contributed by atoms with Crippen molar-refractivity contribution in [2.45, 2.75) is 25.0 Å². The fraction of sp³-hybridized carbons (Fsp3) is 0.389. The van der Waals surface area contributed by atoms with E-state index in [-0.39, 0.29) is 12.2 Å². The molecule has 3 heterocycles. The van der Waals surface area contributed by atoms with E-state index in [1.165, 1.54) is 0 Å². The number of Topliss-reactive ketones (excluding diaryl/α,β-unsaturated/α-hetero) is 1. The average molecular weight is 370 g/mol. The van der Waals surface area contributed by atoms with Crippen molar-refractivity contribution in [2.75, 3.05) is 18.6 Å². The molecule has 6 nitrogen and oxygen atoms in total. The molecule has 1 saturated heterocycles. The second-order valence-electron chi connectivity index (χ2n) is 6.39. The SMILES string of the molecule is Bc1nccnc1CC(=O)c1ccc(OC)c2c1OC1(CCSCC1)O2. The molecule has 1 spiro atoms. The number of rotatable bonds is 4. The number of thioether (sulfide) groups is 1. The number of carbonyl (C=O) groups excluding carboxylic acids is 1. The van der Waals surface area contributed by atoms with Crippen LogP contribution in [0.1, 0.15) is 28.9 Å². The molecular weight excluding hydrogens is 351 g/mol. The van der Waals surface area contributed by atoms with Crippen molar-refractivity contribution >= 4 is 31.0 Å². The van der Waals surface area contributed by atoms with E-state index in [0.29, 0.717) is 28.5 Å². The van der Waals surface area contributed by atoms with Crippen LogP contribution in [0, 0.1) is 0 Å². The first kappa shape index (κ1) is 17.2. The predicted molar refractivity (Wildman–Crippen MR) is 102 cm³/mol. The number of nitrogens with zero attached hydrogens (tertiary/aromatic N) is 2. The van der Waals surface area contributed by atoms with Crippen LogP contribution in [0.5, 0.6) is 17.2 Å². The summed E-state index contributed by atoms with van der Waals surface area (Å²) in [5.74, 6) is 2.79. The standard InChI is InChI=1S/C18H19BN2O4S/c1-23-14-3-2-11(13(22)10-12-17(19)21-7-6-20-12)15-16(14)25-18(24-15)4-8-26-9-5-18/h2-3,6-7H,4-5,8-10,19H2,1H3. The second kappa shape index (κ2) is 6.83. The van der Waals surface area contributed by atoms with E-state index in [0.717, 1.165) is 29.9 Å². The van der Waals surface area contributed by atoms with Crippen LogP contribution in [0.25, 0.3) is 0 Å². The molecule has 0 amide bonds. The van der Waals surface area contributed by atoms with Gasteiger partial charge in [0.05, 0.1) is 24.8 Å². The molecule has 8 heteroatoms. The largest absolute Gasteiger partial charge is 0.493 e. The van der Waals surface area contributed by atoms with Crippen molar-refractivity contribution < 1.29 is 19.0 Å². The minimum atomic E-state index is -0.681. The number of ketones is 1. The van der Waals surface area contributed by atoms with Gasteiger partial charge in [0, 0.05) is 42.3 Å². The summed E-state index contributed by atoms with van der Waals surface area (Å²) >= 11 is 1.88. The van der Waals surface area contributed by atoms with Crippen LogP contribution in [-0.2, 0) is 6.42 Å². The Bertz CT molecular complexity index is 855. The van der Waals surface area contributed by atoms with E-state index >= 15 is 0 Å². The van der Waals surface area contributed by atoms with Crippen molar-refractivity contribution in [1.29, 1.82) is 0 Å². The molecular formula is C18H19BN2O4S. The smallest absolute Gasteiger partial charge is 0.253 e. The monoisotopic (exact) mass is 370 g/mol. The lowest BCUT2D eigenvalue weighted by Crippen LogP contribution is -2.42. The zero-order valence-electron chi connectivity index (χ0n) is 14.8. The van der Waals surface area contributed by atoms with Crippen molar-refractivity contribution in [1.82, 2.24) is 9.97 Å². The summed E-state index contributed by atoms with van der Waals surface area (Å²) in [6.07, 6.45) is 4.96. The highest BCUT2D eigenvalue weighted by Gasteiger charge is 2.45. The van der Waals surface area contributed by atoms with Gasteiger partial charge in [-0.1, -0.05) is 0 Å². The zero-order valence-corrected chi connectivity index (χ0v) is 15.6. The number of hydrogen-bond acceptors (Lipinski definition) is 7. The Labute approximate surface area is 157 Å². The Morgan fingerprint density at radius 2 is 1.96 bits per heavy atom. The van der Waals surface area contributed by atoms with Crippen LogP contribution in [0.3, 0.4) is 0 Å². The van der Waals surface area contributed by atoms with E-state index in [1.807, 2.05) is 19.6 Å². The van der Waals surface area contributed by atoms with Crippen molar-refractivity contribution in [3.8, 4) is 17.2 Å². The molecule has 2 aromatic rings. The highest BCUT2D eigenvalue weighted by Crippen LogP contribution is 2.51. The minimum Gasteiger partial charge on any atom is -0.493 e. The van der Waals surface area contributed by atoms with Gasteiger partial charge in [0.1, 0.15) is 0 Å². The molecule has 2 aliphatic rings. The summed E-state index contributed by atoms with van der Waals surface area (Å²) in [6, 6.07) is 3.50. The molecule has 2 aliphatic heterocycles. The molecule has 26 heavy (non-hydrogen) atoms. The first-order valence-electron chi connectivity index (χ1n) is 8.58. The molecule has 0 radical (unpaired) electrons. The lowest BCUT2D eigenvalue weighted by atomic mass is 9.96. The molecule has 4 rings (SSSR count). The van der Waals surface area contributed by atoms with Gasteiger partial charge < -0.3 is 14.2 Å². The van der Waals surface area contributed by atoms with Gasteiger partial charge in [-0.05, 0) is 12.1 Å². The van der Waals surface area contributed by atoms with Crippen LogP contribution in [0.4, 0.5) is 0 Å². The fourth-order valence-corrected chi connectivity index (χ4v) is 4.37. The fourth-order valence-electron chi connectivity index (χ4n) is 3.26. The Morgan fingerprint density at radius 1 is 1.23 bits per heavy atom. The lowest BCUT2D eigenvalue weighted by molar-refractivity contribution is -0.0852. The third-order valence-corrected chi connectivity index (χ3v) is 5.72. The summed E-state index contributed by atoms with van der Waals surface area (Å²) in [5.41, 5.74) is 1.93. The van der Waals surface area contributed by atoms with Gasteiger partial charge >= 0.3 is 0 Å². The maximum atomic E-state index is 12.9. The van der Waals surface area contributed by atoms with E-state index in [4.69, 9.17) is 14.2 Å². The number of hydrogen-bond donors (Lipinski definition) is 0. The first-order valence-corrected chi connectivity index (χ1v) is 9.74. The van der Waals surface area contributed by atoms with Crippen molar-refractivity contribution in [3.05, 3.63) is 35.8 Å². The van der Waals surface area contributed by atoms with Crippen LogP contribution < -0.4 is 19.8 Å². The lowest BCUT2D eigenvalue weighted by Gasteiger charge is -2.31. The number of ether oxygens (including phenoxy) is 3. The number of carbonyl (C=O) groups is 1. The van der Waals surface area contributed by atoms with Crippen molar-refractivity contribution in [3.63, 3.8) is 0 Å². The van der Waals surface area contributed by atoms with E-state index < -0.39 is 5.79 Å². The third kappa shape index (κ3) is 3.02. The molecule has 0 bridgehead atoms. The Hall–Kier alpha value is -2.22. The highest BCUT2D eigenvalue weighted by molar-refractivity contribution is 7.99. The van der Waals surface area contributed by atoms with Crippen molar-refractivity contribution in [2.24, 2.45) is 0 Å². The van der Waals surface area contributed by atoms with Gasteiger partial charge in [-0.3, -0.25) is 14.8 Å². The summed E-state index contributed by atoms with van der Waals surface area (Å²) in [6.45, 7) is 0. The summed E-state index contributed by atoms with van der Waals surface area (Å²) in [7, 11) is 3.44. The van der Waals surface area contributed by atoms with Crippen LogP contribution in [0.15, 0.2) is 24.5 Å². The van der Waals surface area contributed by atoms with Crippen LogP contribution in [-0.4, -0.2) is 48.0 Å².